The van der Waals surface area contributed by atoms with Crippen molar-refractivity contribution in [2.24, 2.45) is 5.73 Å². The van der Waals surface area contributed by atoms with Crippen LogP contribution < -0.4 is 15.4 Å². The molecule has 1 aromatic rings. The van der Waals surface area contributed by atoms with E-state index in [4.69, 9.17) is 10.5 Å². The molecule has 3 rings (SSSR count). The van der Waals surface area contributed by atoms with E-state index in [-0.39, 0.29) is 0 Å². The Labute approximate surface area is 128 Å². The van der Waals surface area contributed by atoms with Gasteiger partial charge < -0.3 is 15.4 Å². The average Bonchev–Trinajstić information content (AvgIpc) is 2.78. The van der Waals surface area contributed by atoms with Crippen LogP contribution >= 0.6 is 0 Å². The van der Waals surface area contributed by atoms with Crippen LogP contribution in [-0.4, -0.2) is 25.2 Å². The van der Waals surface area contributed by atoms with Gasteiger partial charge in [-0.3, -0.25) is 0 Å². The standard InChI is InChI=1S/C18H28N2O/c19-15-11-13-20(14-12-15)16-7-9-18(10-8-16)21-17-5-3-1-2-4-6-17/h7-10,15,17H,1-6,11-14,19H2. The number of piperidine rings is 1. The van der Waals surface area contributed by atoms with E-state index >= 15 is 0 Å². The first kappa shape index (κ1) is 14.7. The normalized spacial score (nSPS) is 22.0. The highest BCUT2D eigenvalue weighted by molar-refractivity contribution is 5.49. The zero-order chi connectivity index (χ0) is 14.5. The minimum absolute atomic E-state index is 0.388. The fourth-order valence-corrected chi connectivity index (χ4v) is 3.45. The zero-order valence-corrected chi connectivity index (χ0v) is 13.0. The van der Waals surface area contributed by atoms with Crippen LogP contribution in [0.15, 0.2) is 24.3 Å². The molecule has 3 nitrogen and oxygen atoms in total. The third kappa shape index (κ3) is 4.13. The molecule has 0 bridgehead atoms. The Morgan fingerprint density at radius 1 is 0.857 bits per heavy atom. The van der Waals surface area contributed by atoms with Crippen LogP contribution in [0.5, 0.6) is 5.75 Å². The number of nitrogens with zero attached hydrogens (tertiary/aromatic N) is 1. The Hall–Kier alpha value is -1.22. The zero-order valence-electron chi connectivity index (χ0n) is 13.0. The summed E-state index contributed by atoms with van der Waals surface area (Å²) in [6.45, 7) is 2.15. The van der Waals surface area contributed by atoms with E-state index in [1.807, 2.05) is 0 Å². The maximum Gasteiger partial charge on any atom is 0.119 e. The van der Waals surface area contributed by atoms with Gasteiger partial charge >= 0.3 is 0 Å². The molecule has 0 spiro atoms. The van der Waals surface area contributed by atoms with Crippen LogP contribution in [0.1, 0.15) is 51.4 Å². The molecule has 1 aliphatic heterocycles. The van der Waals surface area contributed by atoms with E-state index in [1.54, 1.807) is 0 Å². The topological polar surface area (TPSA) is 38.5 Å². The first-order chi connectivity index (χ1) is 10.3. The van der Waals surface area contributed by atoms with Gasteiger partial charge in [-0.2, -0.15) is 0 Å². The van der Waals surface area contributed by atoms with Crippen molar-refractivity contribution in [3.63, 3.8) is 0 Å². The van der Waals surface area contributed by atoms with Gasteiger partial charge in [-0.05, 0) is 62.8 Å². The van der Waals surface area contributed by atoms with Gasteiger partial charge in [-0.1, -0.05) is 12.8 Å². The lowest BCUT2D eigenvalue weighted by atomic mass is 10.1. The lowest BCUT2D eigenvalue weighted by molar-refractivity contribution is 0.184. The predicted molar refractivity (Wildman–Crippen MR) is 88.0 cm³/mol. The van der Waals surface area contributed by atoms with E-state index < -0.39 is 0 Å². The molecular formula is C18H28N2O. The number of nitrogens with two attached hydrogens (primary N) is 1. The van der Waals surface area contributed by atoms with Gasteiger partial charge in [0.05, 0.1) is 6.10 Å². The second-order valence-electron chi connectivity index (χ2n) is 6.55. The number of ether oxygens (including phenoxy) is 1. The highest BCUT2D eigenvalue weighted by atomic mass is 16.5. The fraction of sp³-hybridized carbons (Fsp3) is 0.667. The molecule has 2 N–H and O–H groups in total. The highest BCUT2D eigenvalue weighted by Crippen LogP contribution is 2.26. The molecule has 1 heterocycles. The van der Waals surface area contributed by atoms with Gasteiger partial charge in [-0.25, -0.2) is 0 Å². The number of hydrogen-bond acceptors (Lipinski definition) is 3. The maximum atomic E-state index is 6.16. The second-order valence-corrected chi connectivity index (χ2v) is 6.55. The molecule has 3 heteroatoms. The number of anilines is 1. The molecule has 1 saturated heterocycles. The molecule has 0 aromatic heterocycles. The third-order valence-corrected chi connectivity index (χ3v) is 4.85. The summed E-state index contributed by atoms with van der Waals surface area (Å²) in [6, 6.07) is 9.05. The fourth-order valence-electron chi connectivity index (χ4n) is 3.45. The van der Waals surface area contributed by atoms with Gasteiger partial charge in [-0.15, -0.1) is 0 Å². The van der Waals surface area contributed by atoms with Crippen molar-refractivity contribution in [1.29, 1.82) is 0 Å². The predicted octanol–water partition coefficient (Wildman–Crippen LogP) is 3.72. The van der Waals surface area contributed by atoms with Crippen LogP contribution in [0.3, 0.4) is 0 Å². The summed E-state index contributed by atoms with van der Waals surface area (Å²) in [6.07, 6.45) is 10.4. The highest BCUT2D eigenvalue weighted by Gasteiger charge is 2.17. The van der Waals surface area contributed by atoms with E-state index in [0.717, 1.165) is 31.7 Å². The first-order valence-corrected chi connectivity index (χ1v) is 8.58. The minimum atomic E-state index is 0.388. The molecule has 0 unspecified atom stereocenters. The summed E-state index contributed by atoms with van der Waals surface area (Å²) < 4.78 is 6.16. The quantitative estimate of drug-likeness (QED) is 0.862. The monoisotopic (exact) mass is 288 g/mol. The Morgan fingerprint density at radius 2 is 1.48 bits per heavy atom. The van der Waals surface area contributed by atoms with Gasteiger partial charge in [0, 0.05) is 24.8 Å². The van der Waals surface area contributed by atoms with Crippen molar-refractivity contribution in [3.8, 4) is 5.75 Å². The summed E-state index contributed by atoms with van der Waals surface area (Å²) in [7, 11) is 0. The summed E-state index contributed by atoms with van der Waals surface area (Å²) in [5.41, 5.74) is 7.27. The van der Waals surface area contributed by atoms with Crippen molar-refractivity contribution >= 4 is 5.69 Å². The molecule has 1 aliphatic carbocycles. The smallest absolute Gasteiger partial charge is 0.119 e. The van der Waals surface area contributed by atoms with Crippen molar-refractivity contribution in [1.82, 2.24) is 0 Å². The maximum absolute atomic E-state index is 6.16. The molecule has 116 valence electrons. The average molecular weight is 288 g/mol. The molecule has 0 atom stereocenters. The summed E-state index contributed by atoms with van der Waals surface area (Å²) >= 11 is 0. The largest absolute Gasteiger partial charge is 0.490 e. The third-order valence-electron chi connectivity index (χ3n) is 4.85. The van der Waals surface area contributed by atoms with Crippen molar-refractivity contribution in [2.75, 3.05) is 18.0 Å². The molecule has 0 amide bonds. The summed E-state index contributed by atoms with van der Waals surface area (Å²) in [4.78, 5) is 2.43. The Kier molecular flexibility index (Phi) is 5.02. The molecule has 0 radical (unpaired) electrons. The van der Waals surface area contributed by atoms with Gasteiger partial charge in [0.15, 0.2) is 0 Å². The van der Waals surface area contributed by atoms with Gasteiger partial charge in [0.2, 0.25) is 0 Å². The summed E-state index contributed by atoms with van der Waals surface area (Å²) in [5, 5.41) is 0. The van der Waals surface area contributed by atoms with Crippen LogP contribution in [0.4, 0.5) is 5.69 Å². The van der Waals surface area contributed by atoms with E-state index in [1.165, 1.54) is 44.2 Å². The van der Waals surface area contributed by atoms with Crippen molar-refractivity contribution < 1.29 is 4.74 Å². The lowest BCUT2D eigenvalue weighted by Gasteiger charge is -2.32. The lowest BCUT2D eigenvalue weighted by Crippen LogP contribution is -2.39. The van der Waals surface area contributed by atoms with Crippen LogP contribution in [-0.2, 0) is 0 Å². The number of rotatable bonds is 3. The van der Waals surface area contributed by atoms with Gasteiger partial charge in [0.25, 0.3) is 0 Å². The molecule has 21 heavy (non-hydrogen) atoms. The van der Waals surface area contributed by atoms with Crippen LogP contribution in [0, 0.1) is 0 Å². The van der Waals surface area contributed by atoms with E-state index in [9.17, 15) is 0 Å². The van der Waals surface area contributed by atoms with Gasteiger partial charge in [0.1, 0.15) is 5.75 Å². The van der Waals surface area contributed by atoms with Crippen molar-refractivity contribution in [3.05, 3.63) is 24.3 Å². The summed E-state index contributed by atoms with van der Waals surface area (Å²) in [5.74, 6) is 1.03. The van der Waals surface area contributed by atoms with E-state index in [0.29, 0.717) is 12.1 Å². The molecule has 1 aromatic carbocycles. The molecule has 2 fully saturated rings. The van der Waals surface area contributed by atoms with Crippen molar-refractivity contribution in [2.45, 2.75) is 63.5 Å². The number of benzene rings is 1. The number of hydrogen-bond donors (Lipinski definition) is 1. The Balaban J connectivity index is 1.56. The molecule has 2 aliphatic rings. The van der Waals surface area contributed by atoms with Crippen LogP contribution in [0.2, 0.25) is 0 Å². The Morgan fingerprint density at radius 3 is 2.10 bits per heavy atom. The van der Waals surface area contributed by atoms with E-state index in [2.05, 4.69) is 29.2 Å². The molecular weight excluding hydrogens is 260 g/mol. The Bertz CT molecular complexity index is 415. The van der Waals surface area contributed by atoms with Crippen LogP contribution in [0.25, 0.3) is 0 Å². The minimum Gasteiger partial charge on any atom is -0.490 e. The first-order valence-electron chi connectivity index (χ1n) is 8.58. The second kappa shape index (κ2) is 7.17. The SMILES string of the molecule is NC1CCN(c2ccc(OC3CCCCCC3)cc2)CC1. The molecule has 1 saturated carbocycles.